The molecule has 0 radical (unpaired) electrons. The van der Waals surface area contributed by atoms with Crippen LogP contribution in [0.2, 0.25) is 5.02 Å². The van der Waals surface area contributed by atoms with Crippen LogP contribution in [0.3, 0.4) is 0 Å². The highest BCUT2D eigenvalue weighted by molar-refractivity contribution is 6.30. The molecule has 5 nitrogen and oxygen atoms in total. The van der Waals surface area contributed by atoms with Gasteiger partial charge in [0.2, 0.25) is 0 Å². The molecule has 0 spiro atoms. The number of fused-ring (bicyclic) bond motifs is 3. The van der Waals surface area contributed by atoms with Gasteiger partial charge in [-0.15, -0.1) is 0 Å². The maximum absolute atomic E-state index is 13.1. The molecule has 0 atom stereocenters. The van der Waals surface area contributed by atoms with Crippen molar-refractivity contribution in [3.63, 3.8) is 0 Å². The SMILES string of the molecule is COc1cccc(-c2nc(C(=O)NCc3cccc(Cl)c3)cc3c2[nH]c2ccccc23)c1. The lowest BCUT2D eigenvalue weighted by molar-refractivity contribution is 0.0946. The standard InChI is InChI=1S/C26H20ClN3O2/c1-32-19-9-5-7-17(13-19)24-25-21(20-10-2-3-11-22(20)29-25)14-23(30-24)26(31)28-15-16-6-4-8-18(27)12-16/h2-14,29H,15H2,1H3,(H,28,31). The number of halogens is 1. The van der Waals surface area contributed by atoms with E-state index in [1.165, 1.54) is 0 Å². The fourth-order valence-corrected chi connectivity index (χ4v) is 4.07. The molecule has 0 unspecified atom stereocenters. The van der Waals surface area contributed by atoms with Gasteiger partial charge >= 0.3 is 0 Å². The first-order valence-electron chi connectivity index (χ1n) is 10.2. The number of pyridine rings is 1. The van der Waals surface area contributed by atoms with Crippen LogP contribution in [0.25, 0.3) is 33.1 Å². The second-order valence-electron chi connectivity index (χ2n) is 7.49. The zero-order valence-corrected chi connectivity index (χ0v) is 18.1. The van der Waals surface area contributed by atoms with Crippen molar-refractivity contribution in [2.45, 2.75) is 6.54 Å². The van der Waals surface area contributed by atoms with E-state index < -0.39 is 0 Å². The van der Waals surface area contributed by atoms with Crippen molar-refractivity contribution < 1.29 is 9.53 Å². The second-order valence-corrected chi connectivity index (χ2v) is 7.93. The largest absolute Gasteiger partial charge is 0.497 e. The number of aromatic nitrogens is 2. The molecule has 0 saturated heterocycles. The minimum atomic E-state index is -0.249. The predicted octanol–water partition coefficient (Wildman–Crippen LogP) is 5.98. The first-order chi connectivity index (χ1) is 15.6. The number of nitrogens with zero attached hydrogens (tertiary/aromatic N) is 1. The Morgan fingerprint density at radius 3 is 2.69 bits per heavy atom. The molecule has 32 heavy (non-hydrogen) atoms. The molecule has 0 aliphatic rings. The van der Waals surface area contributed by atoms with Gasteiger partial charge in [-0.2, -0.15) is 0 Å². The molecule has 1 amide bonds. The van der Waals surface area contributed by atoms with E-state index in [9.17, 15) is 4.79 Å². The van der Waals surface area contributed by atoms with Crippen molar-refractivity contribution in [2.75, 3.05) is 7.11 Å². The van der Waals surface area contributed by atoms with Crippen LogP contribution in [0, 0.1) is 0 Å². The Balaban J connectivity index is 1.61. The average molecular weight is 442 g/mol. The Morgan fingerprint density at radius 2 is 1.84 bits per heavy atom. The highest BCUT2D eigenvalue weighted by atomic mass is 35.5. The molecule has 5 aromatic rings. The molecule has 0 bridgehead atoms. The van der Waals surface area contributed by atoms with Crippen molar-refractivity contribution in [3.8, 4) is 17.0 Å². The van der Waals surface area contributed by atoms with Crippen molar-refractivity contribution in [1.29, 1.82) is 0 Å². The number of hydrogen-bond acceptors (Lipinski definition) is 3. The van der Waals surface area contributed by atoms with Crippen LogP contribution in [0.4, 0.5) is 0 Å². The third-order valence-corrected chi connectivity index (χ3v) is 5.65. The highest BCUT2D eigenvalue weighted by Crippen LogP contribution is 2.33. The summed E-state index contributed by atoms with van der Waals surface area (Å²) in [6.07, 6.45) is 0. The molecule has 0 fully saturated rings. The van der Waals surface area contributed by atoms with Gasteiger partial charge in [0.1, 0.15) is 11.4 Å². The molecule has 0 aliphatic heterocycles. The van der Waals surface area contributed by atoms with E-state index in [1.54, 1.807) is 13.2 Å². The van der Waals surface area contributed by atoms with Crippen LogP contribution in [0.1, 0.15) is 16.1 Å². The summed E-state index contributed by atoms with van der Waals surface area (Å²) in [4.78, 5) is 21.3. The Bertz CT molecular complexity index is 1460. The number of hydrogen-bond donors (Lipinski definition) is 2. The van der Waals surface area contributed by atoms with Gasteiger partial charge in [-0.05, 0) is 42.0 Å². The Labute approximate surface area is 190 Å². The molecule has 2 heterocycles. The Morgan fingerprint density at radius 1 is 1.00 bits per heavy atom. The number of rotatable bonds is 5. The van der Waals surface area contributed by atoms with E-state index in [-0.39, 0.29) is 5.91 Å². The summed E-state index contributed by atoms with van der Waals surface area (Å²) in [5, 5.41) is 5.57. The minimum absolute atomic E-state index is 0.249. The van der Waals surface area contributed by atoms with Gasteiger partial charge in [-0.25, -0.2) is 4.98 Å². The van der Waals surface area contributed by atoms with Gasteiger partial charge in [0.25, 0.3) is 5.91 Å². The third-order valence-electron chi connectivity index (χ3n) is 5.41. The summed E-state index contributed by atoms with van der Waals surface area (Å²) >= 11 is 6.06. The van der Waals surface area contributed by atoms with Crippen LogP contribution in [0.15, 0.2) is 78.9 Å². The molecule has 0 aliphatic carbocycles. The van der Waals surface area contributed by atoms with Gasteiger partial charge in [0, 0.05) is 33.4 Å². The molecule has 5 rings (SSSR count). The van der Waals surface area contributed by atoms with E-state index in [0.717, 1.165) is 38.7 Å². The van der Waals surface area contributed by atoms with Gasteiger partial charge in [0.05, 0.1) is 18.3 Å². The van der Waals surface area contributed by atoms with Crippen LogP contribution >= 0.6 is 11.6 Å². The molecular formula is C26H20ClN3O2. The number of H-pyrrole nitrogens is 1. The average Bonchev–Trinajstić information content (AvgIpc) is 3.20. The van der Waals surface area contributed by atoms with Crippen molar-refractivity contribution in [2.24, 2.45) is 0 Å². The maximum atomic E-state index is 13.1. The van der Waals surface area contributed by atoms with Gasteiger partial charge in [-0.1, -0.05) is 54.1 Å². The zero-order valence-electron chi connectivity index (χ0n) is 17.4. The molecule has 6 heteroatoms. The van der Waals surface area contributed by atoms with Gasteiger partial charge in [0.15, 0.2) is 0 Å². The quantitative estimate of drug-likeness (QED) is 0.353. The highest BCUT2D eigenvalue weighted by Gasteiger charge is 2.17. The fraction of sp³-hybridized carbons (Fsp3) is 0.0769. The lowest BCUT2D eigenvalue weighted by Crippen LogP contribution is -2.24. The van der Waals surface area contributed by atoms with E-state index in [2.05, 4.69) is 10.3 Å². The van der Waals surface area contributed by atoms with Crippen LogP contribution in [0.5, 0.6) is 5.75 Å². The van der Waals surface area contributed by atoms with Crippen LogP contribution in [-0.4, -0.2) is 23.0 Å². The lowest BCUT2D eigenvalue weighted by Gasteiger charge is -2.10. The van der Waals surface area contributed by atoms with E-state index >= 15 is 0 Å². The van der Waals surface area contributed by atoms with E-state index in [1.807, 2.05) is 72.8 Å². The summed E-state index contributed by atoms with van der Waals surface area (Å²) < 4.78 is 5.39. The number of methoxy groups -OCH3 is 1. The molecule has 0 saturated carbocycles. The van der Waals surface area contributed by atoms with Crippen LogP contribution in [-0.2, 0) is 6.54 Å². The topological polar surface area (TPSA) is 67.0 Å². The Kier molecular flexibility index (Phi) is 5.25. The number of carbonyl (C=O) groups excluding carboxylic acids is 1. The Hall–Kier alpha value is -3.83. The molecule has 3 aromatic carbocycles. The number of aromatic amines is 1. The zero-order chi connectivity index (χ0) is 22.1. The normalized spacial score (nSPS) is 11.1. The fourth-order valence-electron chi connectivity index (χ4n) is 3.86. The van der Waals surface area contributed by atoms with Gasteiger partial charge in [-0.3, -0.25) is 4.79 Å². The number of nitrogens with one attached hydrogen (secondary N) is 2. The summed E-state index contributed by atoms with van der Waals surface area (Å²) in [5.74, 6) is 0.477. The molecule has 158 valence electrons. The summed E-state index contributed by atoms with van der Waals surface area (Å²) in [6, 6.07) is 25.0. The number of ether oxygens (including phenoxy) is 1. The summed E-state index contributed by atoms with van der Waals surface area (Å²) in [5.41, 5.74) is 4.71. The number of benzene rings is 3. The lowest BCUT2D eigenvalue weighted by atomic mass is 10.1. The van der Waals surface area contributed by atoms with Crippen LogP contribution < -0.4 is 10.1 Å². The van der Waals surface area contributed by atoms with Crippen molar-refractivity contribution in [1.82, 2.24) is 15.3 Å². The van der Waals surface area contributed by atoms with Crippen molar-refractivity contribution >= 4 is 39.3 Å². The number of para-hydroxylation sites is 1. The summed E-state index contributed by atoms with van der Waals surface area (Å²) in [6.45, 7) is 0.363. The molecule has 2 aromatic heterocycles. The maximum Gasteiger partial charge on any atom is 0.270 e. The molecular weight excluding hydrogens is 422 g/mol. The van der Waals surface area contributed by atoms with E-state index in [4.69, 9.17) is 21.3 Å². The monoisotopic (exact) mass is 441 g/mol. The van der Waals surface area contributed by atoms with Gasteiger partial charge < -0.3 is 15.0 Å². The minimum Gasteiger partial charge on any atom is -0.497 e. The smallest absolute Gasteiger partial charge is 0.270 e. The first-order valence-corrected chi connectivity index (χ1v) is 10.6. The summed E-state index contributed by atoms with van der Waals surface area (Å²) in [7, 11) is 1.63. The first kappa shape index (κ1) is 20.1. The number of amides is 1. The second kappa shape index (κ2) is 8.36. The van der Waals surface area contributed by atoms with Crippen molar-refractivity contribution in [3.05, 3.63) is 95.1 Å². The molecule has 2 N–H and O–H groups in total. The number of carbonyl (C=O) groups is 1. The third kappa shape index (κ3) is 3.79. The van der Waals surface area contributed by atoms with E-state index in [0.29, 0.717) is 23.0 Å². The predicted molar refractivity (Wildman–Crippen MR) is 128 cm³/mol.